The Balaban J connectivity index is 1.98. The zero-order valence-corrected chi connectivity index (χ0v) is 14.7. The van der Waals surface area contributed by atoms with Crippen molar-refractivity contribution in [3.63, 3.8) is 0 Å². The maximum Gasteiger partial charge on any atom is 0.348 e. The van der Waals surface area contributed by atoms with E-state index in [2.05, 4.69) is 4.99 Å². The standard InChI is InChI=1S/C17H16N2O6S/c1-9-6-14(21)16(17(22)25-9)11-8-15(26-5-4-18-11)10-2-3-13(20)12(7-10)19(23)24/h2-3,6-7,15,20-21H,4-5,8H2,1H3/t15-/m1/s1. The van der Waals surface area contributed by atoms with Crippen LogP contribution in [0.25, 0.3) is 0 Å². The highest BCUT2D eigenvalue weighted by Gasteiger charge is 2.25. The van der Waals surface area contributed by atoms with Gasteiger partial charge in [-0.2, -0.15) is 11.8 Å². The number of rotatable bonds is 3. The Morgan fingerprint density at radius 1 is 1.31 bits per heavy atom. The second-order valence-electron chi connectivity index (χ2n) is 5.80. The Bertz CT molecular complexity index is 953. The van der Waals surface area contributed by atoms with E-state index in [0.29, 0.717) is 35.8 Å². The molecule has 9 heteroatoms. The molecule has 0 fully saturated rings. The molecule has 1 aliphatic heterocycles. The van der Waals surface area contributed by atoms with E-state index in [1.54, 1.807) is 24.8 Å². The third-order valence-electron chi connectivity index (χ3n) is 4.00. The fourth-order valence-electron chi connectivity index (χ4n) is 2.82. The van der Waals surface area contributed by atoms with Gasteiger partial charge in [0.1, 0.15) is 17.1 Å². The molecule has 2 N–H and O–H groups in total. The minimum atomic E-state index is -0.663. The molecule has 3 rings (SSSR count). The second kappa shape index (κ2) is 7.20. The Morgan fingerprint density at radius 3 is 2.77 bits per heavy atom. The molecule has 2 heterocycles. The lowest BCUT2D eigenvalue weighted by molar-refractivity contribution is -0.385. The van der Waals surface area contributed by atoms with Gasteiger partial charge in [0.15, 0.2) is 5.75 Å². The molecule has 26 heavy (non-hydrogen) atoms. The number of thioether (sulfide) groups is 1. The lowest BCUT2D eigenvalue weighted by Crippen LogP contribution is -2.17. The molecule has 1 aromatic carbocycles. The van der Waals surface area contributed by atoms with Crippen LogP contribution in [0.3, 0.4) is 0 Å². The number of nitrogens with zero attached hydrogens (tertiary/aromatic N) is 2. The summed E-state index contributed by atoms with van der Waals surface area (Å²) in [6, 6.07) is 5.58. The molecule has 136 valence electrons. The molecule has 0 spiro atoms. The molecule has 0 saturated carbocycles. The van der Waals surface area contributed by atoms with E-state index in [4.69, 9.17) is 4.42 Å². The predicted octanol–water partition coefficient (Wildman–Crippen LogP) is 2.93. The number of aryl methyl sites for hydroxylation is 1. The van der Waals surface area contributed by atoms with Crippen molar-refractivity contribution in [1.29, 1.82) is 0 Å². The number of phenolic OH excluding ortho intramolecular Hbond substituents is 1. The number of benzene rings is 1. The minimum absolute atomic E-state index is 0.0244. The van der Waals surface area contributed by atoms with E-state index >= 15 is 0 Å². The summed E-state index contributed by atoms with van der Waals surface area (Å²) in [6.07, 6.45) is 0.300. The number of nitro benzene ring substituents is 1. The number of hydrogen-bond acceptors (Lipinski definition) is 8. The summed E-state index contributed by atoms with van der Waals surface area (Å²) < 4.78 is 5.06. The number of aliphatic imine (C=N–C) groups is 1. The predicted molar refractivity (Wildman–Crippen MR) is 97.4 cm³/mol. The van der Waals surface area contributed by atoms with Crippen molar-refractivity contribution in [1.82, 2.24) is 0 Å². The van der Waals surface area contributed by atoms with E-state index in [0.717, 1.165) is 0 Å². The maximum atomic E-state index is 12.2. The average molecular weight is 376 g/mol. The minimum Gasteiger partial charge on any atom is -0.507 e. The summed E-state index contributed by atoms with van der Waals surface area (Å²) in [5.41, 5.74) is 0.0376. The first-order valence-corrected chi connectivity index (χ1v) is 8.88. The molecule has 0 aliphatic carbocycles. The van der Waals surface area contributed by atoms with Crippen LogP contribution in [0.5, 0.6) is 11.5 Å². The Kier molecular flexibility index (Phi) is 4.99. The molecule has 0 saturated heterocycles. The summed E-state index contributed by atoms with van der Waals surface area (Å²) in [5.74, 6) is 0.356. The molecule has 1 aromatic heterocycles. The highest BCUT2D eigenvalue weighted by molar-refractivity contribution is 7.99. The van der Waals surface area contributed by atoms with Crippen molar-refractivity contribution in [2.75, 3.05) is 12.3 Å². The zero-order chi connectivity index (χ0) is 18.8. The first-order valence-electron chi connectivity index (χ1n) is 7.83. The van der Waals surface area contributed by atoms with Gasteiger partial charge in [-0.3, -0.25) is 15.1 Å². The summed E-state index contributed by atoms with van der Waals surface area (Å²) in [6.45, 7) is 2.01. The van der Waals surface area contributed by atoms with E-state index < -0.39 is 16.3 Å². The lowest BCUT2D eigenvalue weighted by Gasteiger charge is -2.15. The van der Waals surface area contributed by atoms with Gasteiger partial charge in [0, 0.05) is 36.1 Å². The lowest BCUT2D eigenvalue weighted by atomic mass is 10.0. The summed E-state index contributed by atoms with van der Waals surface area (Å²) in [7, 11) is 0. The van der Waals surface area contributed by atoms with Gasteiger partial charge in [-0.25, -0.2) is 4.79 Å². The first kappa shape index (κ1) is 18.0. The van der Waals surface area contributed by atoms with Gasteiger partial charge in [-0.15, -0.1) is 0 Å². The van der Waals surface area contributed by atoms with Crippen molar-refractivity contribution in [2.24, 2.45) is 4.99 Å². The largest absolute Gasteiger partial charge is 0.507 e. The first-order chi connectivity index (χ1) is 12.4. The Morgan fingerprint density at radius 2 is 2.08 bits per heavy atom. The van der Waals surface area contributed by atoms with Crippen LogP contribution < -0.4 is 5.63 Å². The molecule has 2 aromatic rings. The van der Waals surface area contributed by atoms with E-state index in [1.165, 1.54) is 18.2 Å². The highest BCUT2D eigenvalue weighted by Crippen LogP contribution is 2.39. The van der Waals surface area contributed by atoms with E-state index in [1.807, 2.05) is 0 Å². The fraction of sp³-hybridized carbons (Fsp3) is 0.294. The maximum absolute atomic E-state index is 12.2. The molecule has 0 radical (unpaired) electrons. The SMILES string of the molecule is Cc1cc(O)c(C2=NCCS[C@@H](c3ccc(O)c([N+](=O)[O-])c3)C2)c(=O)o1. The number of phenols is 1. The second-order valence-corrected chi connectivity index (χ2v) is 7.11. The van der Waals surface area contributed by atoms with Gasteiger partial charge in [0.25, 0.3) is 0 Å². The van der Waals surface area contributed by atoms with Crippen LogP contribution in [0, 0.1) is 17.0 Å². The summed E-state index contributed by atoms with van der Waals surface area (Å²) in [5, 5.41) is 30.6. The van der Waals surface area contributed by atoms with Crippen molar-refractivity contribution in [3.8, 4) is 11.5 Å². The van der Waals surface area contributed by atoms with Crippen LogP contribution in [0.1, 0.15) is 28.6 Å². The molecule has 1 atom stereocenters. The number of hydrogen-bond donors (Lipinski definition) is 2. The van der Waals surface area contributed by atoms with Gasteiger partial charge < -0.3 is 14.6 Å². The van der Waals surface area contributed by atoms with Crippen LogP contribution in [0.2, 0.25) is 0 Å². The van der Waals surface area contributed by atoms with Crippen molar-refractivity contribution >= 4 is 23.2 Å². The van der Waals surface area contributed by atoms with Gasteiger partial charge in [-0.05, 0) is 18.6 Å². The van der Waals surface area contributed by atoms with E-state index in [9.17, 15) is 25.1 Å². The molecule has 0 bridgehead atoms. The van der Waals surface area contributed by atoms with Crippen molar-refractivity contribution < 1.29 is 19.6 Å². The van der Waals surface area contributed by atoms with Crippen LogP contribution in [0.4, 0.5) is 5.69 Å². The van der Waals surface area contributed by atoms with E-state index in [-0.39, 0.29) is 22.3 Å². The monoisotopic (exact) mass is 376 g/mol. The third-order valence-corrected chi connectivity index (χ3v) is 5.26. The van der Waals surface area contributed by atoms with Gasteiger partial charge in [0.2, 0.25) is 0 Å². The van der Waals surface area contributed by atoms with Gasteiger partial charge >= 0.3 is 11.3 Å². The van der Waals surface area contributed by atoms with Crippen LogP contribution in [0.15, 0.2) is 38.5 Å². The Hall–Kier alpha value is -2.81. The number of nitro groups is 1. The molecule has 0 amide bonds. The van der Waals surface area contributed by atoms with Crippen molar-refractivity contribution in [2.45, 2.75) is 18.6 Å². The van der Waals surface area contributed by atoms with Crippen LogP contribution >= 0.6 is 11.8 Å². The molecule has 8 nitrogen and oxygen atoms in total. The zero-order valence-electron chi connectivity index (χ0n) is 13.8. The molecule has 1 aliphatic rings. The van der Waals surface area contributed by atoms with Crippen LogP contribution in [-0.4, -0.2) is 33.1 Å². The average Bonchev–Trinajstić information content (AvgIpc) is 2.80. The quantitative estimate of drug-likeness (QED) is 0.623. The smallest absolute Gasteiger partial charge is 0.348 e. The number of aromatic hydroxyl groups is 2. The topological polar surface area (TPSA) is 126 Å². The third kappa shape index (κ3) is 3.57. The molecule has 0 unspecified atom stereocenters. The van der Waals surface area contributed by atoms with Crippen LogP contribution in [-0.2, 0) is 0 Å². The van der Waals surface area contributed by atoms with Gasteiger partial charge in [-0.1, -0.05) is 6.07 Å². The fourth-order valence-corrected chi connectivity index (χ4v) is 3.91. The molecular weight excluding hydrogens is 360 g/mol. The van der Waals surface area contributed by atoms with Crippen molar-refractivity contribution in [3.05, 3.63) is 61.7 Å². The van der Waals surface area contributed by atoms with Gasteiger partial charge in [0.05, 0.1) is 10.6 Å². The normalized spacial score (nSPS) is 17.4. The highest BCUT2D eigenvalue weighted by atomic mass is 32.2. The summed E-state index contributed by atoms with van der Waals surface area (Å²) in [4.78, 5) is 27.0. The Labute approximate surface area is 152 Å². The molecular formula is C17H16N2O6S. The summed E-state index contributed by atoms with van der Waals surface area (Å²) >= 11 is 1.54.